The molecule has 102 valence electrons. The van der Waals surface area contributed by atoms with Crippen LogP contribution < -0.4 is 0 Å². The lowest BCUT2D eigenvalue weighted by molar-refractivity contribution is -0.317. The molecule has 12 atom stereocenters. The van der Waals surface area contributed by atoms with Crippen LogP contribution in [0.4, 0.5) is 0 Å². The van der Waals surface area contributed by atoms with E-state index in [9.17, 15) is 0 Å². The molecule has 0 aliphatic heterocycles. The van der Waals surface area contributed by atoms with Crippen LogP contribution >= 0.6 is 0 Å². The zero-order valence-electron chi connectivity index (χ0n) is 12.3. The van der Waals surface area contributed by atoms with E-state index in [-0.39, 0.29) is 0 Å². The van der Waals surface area contributed by atoms with Gasteiger partial charge in [-0.15, -0.1) is 0 Å². The molecule has 9 fully saturated rings. The van der Waals surface area contributed by atoms with Gasteiger partial charge in [-0.2, -0.15) is 0 Å². The smallest absolute Gasteiger partial charge is 0.0253 e. The molecular formula is C19H26. The minimum absolute atomic E-state index is 0.787. The molecule has 0 amide bonds. The third-order valence-electron chi connectivity index (χ3n) is 10.5. The third kappa shape index (κ3) is 0.669. The Hall–Kier alpha value is 0. The lowest BCUT2D eigenvalue weighted by Gasteiger charge is -2.79. The summed E-state index contributed by atoms with van der Waals surface area (Å²) >= 11 is 0. The largest absolute Gasteiger partial charge is 0.0591 e. The fraction of sp³-hybridized carbons (Fsp3) is 1.00. The first-order chi connectivity index (χ1) is 9.14. The van der Waals surface area contributed by atoms with Gasteiger partial charge in [0, 0.05) is 0 Å². The predicted molar refractivity (Wildman–Crippen MR) is 74.2 cm³/mol. The van der Waals surface area contributed by atoms with Gasteiger partial charge in [0.2, 0.25) is 0 Å². The maximum atomic E-state index is 2.77. The number of fused-ring (bicyclic) bond motifs is 1. The van der Waals surface area contributed by atoms with E-state index in [1.807, 2.05) is 0 Å². The molecule has 0 heterocycles. The van der Waals surface area contributed by atoms with Crippen LogP contribution in [0.3, 0.4) is 0 Å². The zero-order valence-corrected chi connectivity index (χ0v) is 12.3. The van der Waals surface area contributed by atoms with E-state index in [1.165, 1.54) is 47.3 Å². The maximum absolute atomic E-state index is 2.77. The van der Waals surface area contributed by atoms with Crippen molar-refractivity contribution in [1.29, 1.82) is 0 Å². The van der Waals surface area contributed by atoms with E-state index in [0.717, 1.165) is 22.7 Å². The maximum Gasteiger partial charge on any atom is -0.0253 e. The van der Waals surface area contributed by atoms with Crippen molar-refractivity contribution in [2.45, 2.75) is 46.0 Å². The molecule has 9 rings (SSSR count). The van der Waals surface area contributed by atoms with E-state index in [1.54, 1.807) is 32.1 Å². The normalized spacial score (nSPS) is 83.7. The summed E-state index contributed by atoms with van der Waals surface area (Å²) in [5, 5.41) is 0. The minimum atomic E-state index is 0.787. The summed E-state index contributed by atoms with van der Waals surface area (Å²) in [6.07, 6.45) is 8.20. The molecule has 0 spiro atoms. The van der Waals surface area contributed by atoms with E-state index < -0.39 is 0 Å². The van der Waals surface area contributed by atoms with E-state index in [2.05, 4.69) is 13.8 Å². The summed E-state index contributed by atoms with van der Waals surface area (Å²) in [7, 11) is 0. The van der Waals surface area contributed by atoms with E-state index in [4.69, 9.17) is 0 Å². The predicted octanol–water partition coefficient (Wildman–Crippen LogP) is 4.21. The molecule has 0 radical (unpaired) electrons. The van der Waals surface area contributed by atoms with Gasteiger partial charge in [0.05, 0.1) is 0 Å². The highest BCUT2D eigenvalue weighted by Gasteiger charge is 2.84. The quantitative estimate of drug-likeness (QED) is 0.607. The van der Waals surface area contributed by atoms with Crippen LogP contribution in [-0.4, -0.2) is 0 Å². The van der Waals surface area contributed by atoms with Crippen LogP contribution in [-0.2, 0) is 0 Å². The Balaban J connectivity index is 1.55. The van der Waals surface area contributed by atoms with Gasteiger partial charge < -0.3 is 0 Å². The van der Waals surface area contributed by atoms with Gasteiger partial charge in [0.1, 0.15) is 0 Å². The highest BCUT2D eigenvalue weighted by atomic mass is 14.9. The van der Waals surface area contributed by atoms with Crippen LogP contribution in [0, 0.1) is 70.0 Å². The Morgan fingerprint density at radius 2 is 1.63 bits per heavy atom. The molecule has 9 saturated carbocycles. The highest BCUT2D eigenvalue weighted by molar-refractivity contribution is 5.32. The zero-order chi connectivity index (χ0) is 12.3. The van der Waals surface area contributed by atoms with Crippen molar-refractivity contribution in [3.05, 3.63) is 0 Å². The van der Waals surface area contributed by atoms with Crippen LogP contribution in [0.5, 0.6) is 0 Å². The molecule has 0 saturated heterocycles. The number of hydrogen-bond acceptors (Lipinski definition) is 0. The number of rotatable bonds is 0. The Bertz CT molecular complexity index is 522. The molecule has 12 unspecified atom stereocenters. The van der Waals surface area contributed by atoms with Gasteiger partial charge in [-0.3, -0.25) is 0 Å². The molecule has 0 heteroatoms. The van der Waals surface area contributed by atoms with Gasteiger partial charge in [-0.05, 0) is 102 Å². The topological polar surface area (TPSA) is 0 Å². The molecule has 0 aromatic carbocycles. The molecule has 0 aromatic rings. The van der Waals surface area contributed by atoms with Gasteiger partial charge >= 0.3 is 0 Å². The van der Waals surface area contributed by atoms with Gasteiger partial charge in [-0.25, -0.2) is 0 Å². The lowest BCUT2D eigenvalue weighted by atomic mass is 9.25. The summed E-state index contributed by atoms with van der Waals surface area (Å²) in [6.45, 7) is 5.52. The van der Waals surface area contributed by atoms with Crippen molar-refractivity contribution in [3.63, 3.8) is 0 Å². The van der Waals surface area contributed by atoms with Crippen LogP contribution in [0.2, 0.25) is 0 Å². The van der Waals surface area contributed by atoms with Crippen LogP contribution in [0.15, 0.2) is 0 Å². The lowest BCUT2D eigenvalue weighted by Crippen LogP contribution is -2.74. The third-order valence-corrected chi connectivity index (χ3v) is 10.5. The molecule has 19 heavy (non-hydrogen) atoms. The fourth-order valence-electron chi connectivity index (χ4n) is 11.0. The second-order valence-electron chi connectivity index (χ2n) is 10.3. The van der Waals surface area contributed by atoms with Crippen molar-refractivity contribution in [2.24, 2.45) is 70.0 Å². The van der Waals surface area contributed by atoms with Crippen molar-refractivity contribution in [3.8, 4) is 0 Å². The van der Waals surface area contributed by atoms with Crippen molar-refractivity contribution >= 4 is 0 Å². The summed E-state index contributed by atoms with van der Waals surface area (Å²) in [5.41, 5.74) is 1.60. The second kappa shape index (κ2) is 2.35. The van der Waals surface area contributed by atoms with Gasteiger partial charge in [-0.1, -0.05) is 13.8 Å². The van der Waals surface area contributed by atoms with Gasteiger partial charge in [0.25, 0.3) is 0 Å². The Labute approximate surface area is 116 Å². The molecule has 9 aliphatic carbocycles. The molecule has 9 aliphatic rings. The standard InChI is InChI=1S/C19H26/c1-18-6-8-3-4-11(18)14-12(8)13-10-5-9-7-19(2,17(9)18)16(10)15(13)14/h8-17H,3-7H2,1-2H3. The van der Waals surface area contributed by atoms with E-state index >= 15 is 0 Å². The van der Waals surface area contributed by atoms with Crippen molar-refractivity contribution in [2.75, 3.05) is 0 Å². The van der Waals surface area contributed by atoms with Crippen molar-refractivity contribution in [1.82, 2.24) is 0 Å². The SMILES string of the molecule is CC12CC3CCC1C1C3C3C4CC5CC(C)(C4C31)C52. The second-order valence-corrected chi connectivity index (χ2v) is 10.3. The molecule has 0 N–H and O–H groups in total. The molecular weight excluding hydrogens is 228 g/mol. The fourth-order valence-corrected chi connectivity index (χ4v) is 11.0. The van der Waals surface area contributed by atoms with Crippen LogP contribution in [0.1, 0.15) is 46.0 Å². The minimum Gasteiger partial charge on any atom is -0.0591 e. The Morgan fingerprint density at radius 3 is 2.53 bits per heavy atom. The molecule has 8 bridgehead atoms. The first-order valence-electron chi connectivity index (χ1n) is 9.14. The number of hydrogen-bond donors (Lipinski definition) is 0. The van der Waals surface area contributed by atoms with E-state index in [0.29, 0.717) is 0 Å². The Kier molecular flexibility index (Phi) is 1.22. The Morgan fingerprint density at radius 1 is 0.789 bits per heavy atom. The summed E-state index contributed by atoms with van der Waals surface area (Å²) < 4.78 is 0. The average molecular weight is 254 g/mol. The van der Waals surface area contributed by atoms with Crippen molar-refractivity contribution < 1.29 is 0 Å². The monoisotopic (exact) mass is 254 g/mol. The van der Waals surface area contributed by atoms with Gasteiger partial charge in [0.15, 0.2) is 0 Å². The summed E-state index contributed by atoms with van der Waals surface area (Å²) in [4.78, 5) is 0. The highest BCUT2D eigenvalue weighted by Crippen LogP contribution is 2.90. The summed E-state index contributed by atoms with van der Waals surface area (Å²) in [6, 6.07) is 0. The first kappa shape index (κ1) is 9.85. The molecule has 0 nitrogen and oxygen atoms in total. The van der Waals surface area contributed by atoms with Crippen LogP contribution in [0.25, 0.3) is 0 Å². The first-order valence-corrected chi connectivity index (χ1v) is 9.14. The average Bonchev–Trinajstić information content (AvgIpc) is 2.37. The summed E-state index contributed by atoms with van der Waals surface area (Å²) in [5.74, 6) is 12.0. The molecule has 0 aromatic heterocycles.